The predicted molar refractivity (Wildman–Crippen MR) is 396 cm³/mol. The second-order valence-corrected chi connectivity index (χ2v) is 29.2. The van der Waals surface area contributed by atoms with Gasteiger partial charge in [0.05, 0.1) is 136 Å². The fraction of sp³-hybridized carbons (Fsp3) is 0.460. The number of hydrogen-bond donors (Lipinski definition) is 19. The third-order valence-electron chi connectivity index (χ3n) is 12.8. The molecule has 9 amide bonds. The molecule has 0 aromatic heterocycles. The topological polar surface area (TPSA) is 499 Å². The number of hydrogen-bond acceptors (Lipinski definition) is 22. The average molecular weight is 2280 g/mol. The van der Waals surface area contributed by atoms with Crippen molar-refractivity contribution < 1.29 is 110 Å². The number of benzene rings is 3. The molecule has 0 fully saturated rings. The first kappa shape index (κ1) is 83.2. The van der Waals surface area contributed by atoms with Crippen LogP contribution in [0.3, 0.4) is 0 Å². The maximum Gasteiger partial charge on any atom is 0.255 e. The third-order valence-corrected chi connectivity index (χ3v) is 22.5. The van der Waals surface area contributed by atoms with Crippen molar-refractivity contribution >= 4 is 274 Å². The predicted octanol–water partition coefficient (Wildman–Crippen LogP) is -2.15. The van der Waals surface area contributed by atoms with E-state index in [0.29, 0.717) is 0 Å². The number of aliphatic hydroxyl groups excluding tert-OH is 13. The van der Waals surface area contributed by atoms with Gasteiger partial charge in [0.1, 0.15) is 0 Å². The number of nitrogens with one attached hydrogen (secondary N) is 6. The van der Waals surface area contributed by atoms with Gasteiger partial charge in [0.15, 0.2) is 18.3 Å². The molecule has 0 aliphatic rings. The lowest BCUT2D eigenvalue weighted by atomic mass is 9.87. The maximum atomic E-state index is 14.9. The van der Waals surface area contributed by atoms with Crippen molar-refractivity contribution in [1.29, 1.82) is 0 Å². The summed E-state index contributed by atoms with van der Waals surface area (Å²) in [6.45, 7) is -9.91. The number of aliphatic hydroxyl groups is 13. The monoisotopic (exact) mass is 2280 g/mol. The van der Waals surface area contributed by atoms with Crippen LogP contribution in [0.2, 0.25) is 0 Å². The Bertz CT molecular complexity index is 2900. The van der Waals surface area contributed by atoms with Crippen LogP contribution >= 0.6 is 203 Å². The molecule has 0 aliphatic heterocycles. The zero-order valence-electron chi connectivity index (χ0n) is 46.9. The Labute approximate surface area is 635 Å². The van der Waals surface area contributed by atoms with E-state index < -0.39 is 181 Å². The minimum absolute atomic E-state index is 0.0136. The van der Waals surface area contributed by atoms with Gasteiger partial charge in [-0.05, 0) is 203 Å². The molecule has 0 radical (unpaired) electrons. The normalized spacial score (nSPS) is 14.0. The van der Waals surface area contributed by atoms with Crippen molar-refractivity contribution in [2.24, 2.45) is 5.41 Å². The molecular formula is C50H60I9N9O22. The first-order chi connectivity index (χ1) is 42.0. The van der Waals surface area contributed by atoms with E-state index in [1.165, 1.54) is 21.1 Å². The fourth-order valence-corrected chi connectivity index (χ4v) is 20.9. The summed E-state index contributed by atoms with van der Waals surface area (Å²) >= 11 is 15.2. The van der Waals surface area contributed by atoms with E-state index in [-0.39, 0.29) is 82.6 Å². The molecule has 90 heavy (non-hydrogen) atoms. The van der Waals surface area contributed by atoms with Crippen molar-refractivity contribution in [2.75, 3.05) is 123 Å². The quantitative estimate of drug-likeness (QED) is 0.0305. The molecule has 0 bridgehead atoms. The molecule has 0 heterocycles. The Balaban J connectivity index is 2.45. The summed E-state index contributed by atoms with van der Waals surface area (Å²) in [6, 6.07) is 0. The molecule has 3 rings (SSSR count). The summed E-state index contributed by atoms with van der Waals surface area (Å²) < 4.78 is -0.318. The van der Waals surface area contributed by atoms with Crippen LogP contribution < -0.4 is 31.9 Å². The summed E-state index contributed by atoms with van der Waals surface area (Å²) in [5.41, 5.74) is -4.27. The van der Waals surface area contributed by atoms with Crippen LogP contribution in [-0.2, 0) is 14.4 Å². The van der Waals surface area contributed by atoms with Gasteiger partial charge in [-0.25, -0.2) is 0 Å². The van der Waals surface area contributed by atoms with Gasteiger partial charge in [-0.1, -0.05) is 0 Å². The highest BCUT2D eigenvalue weighted by molar-refractivity contribution is 14.1. The number of likely N-dealkylation sites (N-methyl/N-ethyl adjacent to an activating group) is 3. The standard InChI is InChI=1S/C50H60I9N9O22/c1-66(4-17(76)7-69)47(88)26-29(51)23(32(54)38(35(26)57)63-41(82)20(79)10-72)44(85)60-13-50(16-75,14-61-45(86)24-30(52)27(48(89)67(2)5-18(77)8-70)36(58)39(33(24)55)64-42(83)21(80)11-73)15-62-46(87)25-31(53)28(49(90)68(3)6-19(78)9-71)37(59)40(34(25)56)65-43(84)22(81)12-74/h17-22,69-81H,4-16H2,1-3H3,(H,60,85)(H,61,86)(H,62,87)(H,63,82)(H,64,83)(H,65,84). The highest BCUT2D eigenvalue weighted by Crippen LogP contribution is 2.40. The van der Waals surface area contributed by atoms with E-state index in [0.717, 1.165) is 14.7 Å². The van der Waals surface area contributed by atoms with E-state index in [1.54, 1.807) is 203 Å². The Kier molecular flexibility index (Phi) is 35.3. The van der Waals surface area contributed by atoms with Gasteiger partial charge < -0.3 is 113 Å². The Hall–Kier alpha value is -1.06. The Morgan fingerprint density at radius 1 is 0.356 bits per heavy atom. The minimum atomic E-state index is -1.99. The zero-order valence-corrected chi connectivity index (χ0v) is 66.3. The van der Waals surface area contributed by atoms with Gasteiger partial charge in [-0.2, -0.15) is 0 Å². The molecule has 31 nitrogen and oxygen atoms in total. The van der Waals surface area contributed by atoms with Crippen LogP contribution in [0.15, 0.2) is 0 Å². The number of anilines is 3. The minimum Gasteiger partial charge on any atom is -0.396 e. The van der Waals surface area contributed by atoms with Crippen LogP contribution in [0, 0.1) is 37.5 Å². The van der Waals surface area contributed by atoms with Crippen molar-refractivity contribution in [3.05, 3.63) is 65.5 Å². The smallest absolute Gasteiger partial charge is 0.255 e. The lowest BCUT2D eigenvalue weighted by Gasteiger charge is -2.33. The van der Waals surface area contributed by atoms with E-state index in [1.807, 2.05) is 0 Å². The first-order valence-electron chi connectivity index (χ1n) is 25.5. The van der Waals surface area contributed by atoms with Crippen molar-refractivity contribution in [3.63, 3.8) is 0 Å². The molecule has 19 N–H and O–H groups in total. The molecule has 0 saturated heterocycles. The van der Waals surface area contributed by atoms with E-state index in [2.05, 4.69) is 31.9 Å². The number of amides is 9. The molecule has 40 heteroatoms. The summed E-state index contributed by atoms with van der Waals surface area (Å²) in [6.07, 6.45) is -10.2. The van der Waals surface area contributed by atoms with E-state index >= 15 is 0 Å². The van der Waals surface area contributed by atoms with E-state index in [4.69, 9.17) is 0 Å². The SMILES string of the molecule is CN(CC(O)CO)C(=O)c1c(I)c(NC(=O)C(O)CO)c(I)c(C(=O)NCC(CO)(CNC(=O)c2c(I)c(NC(=O)C(O)CO)c(I)c(C(=O)N(C)CC(O)CO)c2I)CNC(=O)c2c(I)c(NC(=O)C(O)CO)c(I)c(C(=O)N(C)CC(O)CO)c2I)c1I. The number of carbonyl (C=O) groups is 9. The number of rotatable bonds is 31. The van der Waals surface area contributed by atoms with Crippen LogP contribution in [0.4, 0.5) is 17.1 Å². The van der Waals surface area contributed by atoms with Gasteiger partial charge >= 0.3 is 0 Å². The van der Waals surface area contributed by atoms with Crippen LogP contribution in [-0.4, -0.2) is 278 Å². The van der Waals surface area contributed by atoms with Gasteiger partial charge in [0.2, 0.25) is 0 Å². The maximum absolute atomic E-state index is 14.9. The summed E-state index contributed by atoms with van der Waals surface area (Å²) in [5.74, 6) is -9.13. The van der Waals surface area contributed by atoms with Crippen LogP contribution in [0.25, 0.3) is 0 Å². The largest absolute Gasteiger partial charge is 0.396 e. The van der Waals surface area contributed by atoms with Crippen LogP contribution in [0.5, 0.6) is 0 Å². The summed E-state index contributed by atoms with van der Waals surface area (Å²) in [7, 11) is 3.82. The highest BCUT2D eigenvalue weighted by atomic mass is 127. The number of nitrogens with zero attached hydrogens (tertiary/aromatic N) is 3. The third kappa shape index (κ3) is 20.7. The Morgan fingerprint density at radius 2 is 0.567 bits per heavy atom. The Morgan fingerprint density at radius 3 is 0.756 bits per heavy atom. The molecular weight excluding hydrogens is 2220 g/mol. The highest BCUT2D eigenvalue weighted by Gasteiger charge is 2.39. The lowest BCUT2D eigenvalue weighted by Crippen LogP contribution is -2.54. The molecule has 6 atom stereocenters. The van der Waals surface area contributed by atoms with Crippen molar-refractivity contribution in [3.8, 4) is 0 Å². The molecule has 0 spiro atoms. The van der Waals surface area contributed by atoms with Gasteiger partial charge in [0.25, 0.3) is 53.2 Å². The molecule has 3 aromatic rings. The van der Waals surface area contributed by atoms with E-state index in [9.17, 15) is 110 Å². The van der Waals surface area contributed by atoms with Crippen molar-refractivity contribution in [1.82, 2.24) is 30.7 Å². The fourth-order valence-electron chi connectivity index (χ4n) is 7.72. The van der Waals surface area contributed by atoms with Gasteiger partial charge in [-0.3, -0.25) is 43.2 Å². The average Bonchev–Trinajstić information content (AvgIpc) is 0.787. The van der Waals surface area contributed by atoms with Crippen LogP contribution in [0.1, 0.15) is 62.1 Å². The summed E-state index contributed by atoms with van der Waals surface area (Å²) in [5, 5.41) is 146. The first-order valence-corrected chi connectivity index (χ1v) is 35.2. The van der Waals surface area contributed by atoms with Gasteiger partial charge in [-0.15, -0.1) is 0 Å². The molecule has 0 saturated carbocycles. The number of carbonyl (C=O) groups excluding carboxylic acids is 9. The van der Waals surface area contributed by atoms with Crippen molar-refractivity contribution in [2.45, 2.75) is 36.6 Å². The molecule has 6 unspecified atom stereocenters. The summed E-state index contributed by atoms with van der Waals surface area (Å²) in [4.78, 5) is 130. The zero-order chi connectivity index (χ0) is 68.7. The molecule has 3 aromatic carbocycles. The van der Waals surface area contributed by atoms with Gasteiger partial charge in [0, 0.05) is 76.5 Å². The second-order valence-electron chi connectivity index (χ2n) is 19.5. The number of halogens is 9. The lowest BCUT2D eigenvalue weighted by molar-refractivity contribution is -0.126. The molecule has 500 valence electrons. The molecule has 0 aliphatic carbocycles. The second kappa shape index (κ2) is 38.2.